The van der Waals surface area contributed by atoms with E-state index in [1.54, 1.807) is 0 Å². The van der Waals surface area contributed by atoms with Crippen molar-refractivity contribution >= 4 is 51.2 Å². The topological polar surface area (TPSA) is 9.72 Å². The van der Waals surface area contributed by atoms with E-state index in [1.165, 1.54) is 101 Å². The van der Waals surface area contributed by atoms with Crippen molar-refractivity contribution in [3.63, 3.8) is 0 Å². The first kappa shape index (κ1) is 35.1. The van der Waals surface area contributed by atoms with Gasteiger partial charge in [-0.15, -0.1) is 0 Å². The van der Waals surface area contributed by atoms with Crippen LogP contribution >= 0.6 is 0 Å². The van der Waals surface area contributed by atoms with E-state index in [1.807, 2.05) is 0 Å². The van der Waals surface area contributed by atoms with E-state index >= 15 is 0 Å². The number of fused-ring (bicyclic) bond motifs is 8. The molecule has 8 aromatic carbocycles. The average molecular weight is 774 g/mol. The highest BCUT2D eigenvalue weighted by Crippen LogP contribution is 2.63. The highest BCUT2D eigenvalue weighted by Gasteiger charge is 2.45. The second kappa shape index (κ2) is 12.8. The summed E-state index contributed by atoms with van der Waals surface area (Å²) in [7, 11) is 0. The lowest BCUT2D eigenvalue weighted by Gasteiger charge is -2.48. The van der Waals surface area contributed by atoms with Crippen LogP contribution in [0.5, 0.6) is 0 Å². The van der Waals surface area contributed by atoms with E-state index in [-0.39, 0.29) is 10.8 Å². The quantitative estimate of drug-likeness (QED) is 0.172. The molecule has 3 nitrogen and oxygen atoms in total. The molecule has 12 rings (SSSR count). The third-order valence-corrected chi connectivity index (χ3v) is 14.1. The maximum Gasteiger partial charge on any atom is 0.0744 e. The molecule has 0 spiro atoms. The van der Waals surface area contributed by atoms with Crippen molar-refractivity contribution in [3.8, 4) is 11.1 Å². The van der Waals surface area contributed by atoms with Crippen molar-refractivity contribution in [1.29, 1.82) is 0 Å². The Balaban J connectivity index is 0.978. The number of benzene rings is 8. The molecule has 0 bridgehead atoms. The zero-order valence-electron chi connectivity index (χ0n) is 34.7. The zero-order chi connectivity index (χ0) is 40.3. The maximum absolute atomic E-state index is 2.58. The first-order valence-corrected chi connectivity index (χ1v) is 21.5. The molecule has 0 fully saturated rings. The summed E-state index contributed by atoms with van der Waals surface area (Å²) in [5.41, 5.74) is 23.0. The van der Waals surface area contributed by atoms with Gasteiger partial charge < -0.3 is 14.7 Å². The Hall–Kier alpha value is -6.84. The van der Waals surface area contributed by atoms with E-state index < -0.39 is 0 Å². The lowest BCUT2D eigenvalue weighted by molar-refractivity contribution is 0.621. The van der Waals surface area contributed by atoms with Gasteiger partial charge in [0.15, 0.2) is 0 Å². The monoisotopic (exact) mass is 773 g/mol. The van der Waals surface area contributed by atoms with E-state index in [9.17, 15) is 0 Å². The minimum absolute atomic E-state index is 0.200. The predicted molar refractivity (Wildman–Crippen MR) is 250 cm³/mol. The van der Waals surface area contributed by atoms with Crippen LogP contribution in [0.1, 0.15) is 79.0 Å². The van der Waals surface area contributed by atoms with Gasteiger partial charge in [-0.2, -0.15) is 0 Å². The Labute approximate surface area is 353 Å². The van der Waals surface area contributed by atoms with Gasteiger partial charge in [0.1, 0.15) is 0 Å². The molecule has 60 heavy (non-hydrogen) atoms. The SMILES string of the molecule is CC1(C)c2cc(-c3ccc4c(c3)C(C)(C)c3cccc5c3N4c3ccccc3N5c3ccccc3)ccc2N2c3ccccc3C(CCc3ccccc3)c3cccc1c32. The van der Waals surface area contributed by atoms with Crippen LogP contribution in [0.4, 0.5) is 51.2 Å². The highest BCUT2D eigenvalue weighted by atomic mass is 15.3. The summed E-state index contributed by atoms with van der Waals surface area (Å²) in [6, 6.07) is 68.2. The predicted octanol–water partition coefficient (Wildman–Crippen LogP) is 15.4. The summed E-state index contributed by atoms with van der Waals surface area (Å²) in [6.45, 7) is 9.67. The van der Waals surface area contributed by atoms with Crippen LogP contribution in [0.2, 0.25) is 0 Å². The minimum Gasteiger partial charge on any atom is -0.309 e. The minimum atomic E-state index is -0.237. The van der Waals surface area contributed by atoms with Crippen LogP contribution in [-0.4, -0.2) is 0 Å². The van der Waals surface area contributed by atoms with Crippen LogP contribution in [0.15, 0.2) is 182 Å². The largest absolute Gasteiger partial charge is 0.309 e. The average Bonchev–Trinajstić information content (AvgIpc) is 3.29. The van der Waals surface area contributed by atoms with Crippen LogP contribution in [0.25, 0.3) is 11.1 Å². The number of aryl methyl sites for hydroxylation is 1. The number of para-hydroxylation sites is 6. The van der Waals surface area contributed by atoms with Crippen LogP contribution < -0.4 is 14.7 Å². The molecule has 0 saturated heterocycles. The van der Waals surface area contributed by atoms with Crippen molar-refractivity contribution < 1.29 is 0 Å². The molecule has 4 aliphatic heterocycles. The van der Waals surface area contributed by atoms with Crippen LogP contribution in [-0.2, 0) is 17.3 Å². The number of nitrogens with zero attached hydrogens (tertiary/aromatic N) is 3. The first-order valence-electron chi connectivity index (χ1n) is 21.5. The van der Waals surface area contributed by atoms with Crippen molar-refractivity contribution in [3.05, 3.63) is 221 Å². The van der Waals surface area contributed by atoms with Crippen LogP contribution in [0.3, 0.4) is 0 Å². The molecule has 0 N–H and O–H groups in total. The molecule has 4 aliphatic rings. The van der Waals surface area contributed by atoms with Crippen molar-refractivity contribution in [2.45, 2.75) is 57.3 Å². The fourth-order valence-electron chi connectivity index (χ4n) is 11.1. The summed E-state index contributed by atoms with van der Waals surface area (Å²) in [4.78, 5) is 7.54. The Morgan fingerprint density at radius 1 is 0.383 bits per heavy atom. The van der Waals surface area contributed by atoms with Gasteiger partial charge in [-0.05, 0) is 124 Å². The molecule has 1 atom stereocenters. The number of rotatable bonds is 5. The molecule has 1 unspecified atom stereocenters. The van der Waals surface area contributed by atoms with Gasteiger partial charge in [-0.25, -0.2) is 0 Å². The summed E-state index contributed by atoms with van der Waals surface area (Å²) >= 11 is 0. The number of hydrogen-bond donors (Lipinski definition) is 0. The molecule has 8 aromatic rings. The summed E-state index contributed by atoms with van der Waals surface area (Å²) in [5, 5.41) is 0. The fourth-order valence-corrected chi connectivity index (χ4v) is 11.1. The van der Waals surface area contributed by atoms with Crippen molar-refractivity contribution in [2.75, 3.05) is 14.7 Å². The van der Waals surface area contributed by atoms with Gasteiger partial charge in [-0.1, -0.05) is 149 Å². The number of hydrogen-bond acceptors (Lipinski definition) is 3. The van der Waals surface area contributed by atoms with Gasteiger partial charge in [0.05, 0.1) is 39.8 Å². The Kier molecular flexibility index (Phi) is 7.51. The molecular weight excluding hydrogens is 727 g/mol. The smallest absolute Gasteiger partial charge is 0.0744 e. The van der Waals surface area contributed by atoms with E-state index in [0.717, 1.165) is 12.8 Å². The maximum atomic E-state index is 2.58. The summed E-state index contributed by atoms with van der Waals surface area (Å²) < 4.78 is 0. The normalized spacial score (nSPS) is 16.8. The lowest BCUT2D eigenvalue weighted by atomic mass is 9.69. The molecule has 4 heterocycles. The second-order valence-corrected chi connectivity index (χ2v) is 18.1. The Morgan fingerprint density at radius 2 is 0.883 bits per heavy atom. The molecule has 0 aromatic heterocycles. The molecule has 0 amide bonds. The third kappa shape index (κ3) is 4.90. The molecule has 0 radical (unpaired) electrons. The lowest BCUT2D eigenvalue weighted by Crippen LogP contribution is -2.35. The van der Waals surface area contributed by atoms with E-state index in [4.69, 9.17) is 0 Å². The molecule has 0 aliphatic carbocycles. The van der Waals surface area contributed by atoms with Gasteiger partial charge >= 0.3 is 0 Å². The molecule has 3 heteroatoms. The Bertz CT molecular complexity index is 3020. The number of anilines is 9. The van der Waals surface area contributed by atoms with Gasteiger partial charge in [0, 0.05) is 28.1 Å². The van der Waals surface area contributed by atoms with Gasteiger partial charge in [0.25, 0.3) is 0 Å². The van der Waals surface area contributed by atoms with Crippen molar-refractivity contribution in [1.82, 2.24) is 0 Å². The molecule has 0 saturated carbocycles. The summed E-state index contributed by atoms with van der Waals surface area (Å²) in [5.74, 6) is 0.331. The van der Waals surface area contributed by atoms with Gasteiger partial charge in [0.2, 0.25) is 0 Å². The fraction of sp³-hybridized carbons (Fsp3) is 0.158. The summed E-state index contributed by atoms with van der Waals surface area (Å²) in [6.07, 6.45) is 2.12. The highest BCUT2D eigenvalue weighted by molar-refractivity contribution is 6.05. The molecule has 290 valence electrons. The zero-order valence-corrected chi connectivity index (χ0v) is 34.7. The second-order valence-electron chi connectivity index (χ2n) is 18.1. The first-order chi connectivity index (χ1) is 29.3. The van der Waals surface area contributed by atoms with E-state index in [0.29, 0.717) is 5.92 Å². The van der Waals surface area contributed by atoms with Crippen LogP contribution in [0, 0.1) is 0 Å². The third-order valence-electron chi connectivity index (χ3n) is 14.1. The standard InChI is InChI=1S/C57H47N3/c1-56(2)44-23-15-22-43-41(32-29-37-17-7-5-8-18-37)42-21-11-12-25-48(42)59(54(43)44)49-33-30-38(35-46(49)56)39-31-34-50-47(36-39)57(3,4)45-24-16-28-53-55(45)60(50)52-27-14-13-26-51(52)58(53)40-19-9-6-10-20-40/h5-28,30-31,33-36,41H,29,32H2,1-4H3. The van der Waals surface area contributed by atoms with Gasteiger partial charge in [-0.3, -0.25) is 0 Å². The Morgan fingerprint density at radius 3 is 1.55 bits per heavy atom. The van der Waals surface area contributed by atoms with Crippen molar-refractivity contribution in [2.24, 2.45) is 0 Å². The van der Waals surface area contributed by atoms with E-state index in [2.05, 4.69) is 224 Å². The molecular formula is C57H47N3.